The highest BCUT2D eigenvalue weighted by Crippen LogP contribution is 2.13. The van der Waals surface area contributed by atoms with Crippen LogP contribution in [0, 0.1) is 5.92 Å². The predicted octanol–water partition coefficient (Wildman–Crippen LogP) is 10.2. The van der Waals surface area contributed by atoms with Crippen LogP contribution in [0.2, 0.25) is 0 Å². The molecule has 0 aromatic rings. The Morgan fingerprint density at radius 2 is 0.800 bits per heavy atom. The first-order chi connectivity index (χ1) is 24.5. The summed E-state index contributed by atoms with van der Waals surface area (Å²) < 4.78 is 28.0. The second-order valence-electron chi connectivity index (χ2n) is 13.9. The number of hydrogen-bond donors (Lipinski definition) is 1. The molecule has 1 atom stereocenters. The highest BCUT2D eigenvalue weighted by molar-refractivity contribution is 5.70. The third kappa shape index (κ3) is 34.7. The average molecular weight is 715 g/mol. The van der Waals surface area contributed by atoms with E-state index in [9.17, 15) is 19.5 Å². The van der Waals surface area contributed by atoms with Gasteiger partial charge >= 0.3 is 17.9 Å². The number of aliphatic hydroxyl groups is 1. The van der Waals surface area contributed by atoms with Crippen molar-refractivity contribution in [1.82, 2.24) is 0 Å². The summed E-state index contributed by atoms with van der Waals surface area (Å²) in [7, 11) is 0. The quantitative estimate of drug-likeness (QED) is 0.0287. The van der Waals surface area contributed by atoms with E-state index in [0.717, 1.165) is 64.2 Å². The van der Waals surface area contributed by atoms with Crippen LogP contribution in [0.5, 0.6) is 0 Å². The first-order valence-corrected chi connectivity index (χ1v) is 20.8. The van der Waals surface area contributed by atoms with Crippen molar-refractivity contribution < 1.29 is 43.2 Å². The Bertz CT molecular complexity index is 744. The summed E-state index contributed by atoms with van der Waals surface area (Å²) in [6, 6.07) is 0. The van der Waals surface area contributed by atoms with Crippen molar-refractivity contribution in [2.45, 2.75) is 200 Å². The summed E-state index contributed by atoms with van der Waals surface area (Å²) in [6.45, 7) is 8.14. The predicted molar refractivity (Wildman–Crippen MR) is 201 cm³/mol. The number of ether oxygens (including phenoxy) is 5. The van der Waals surface area contributed by atoms with Gasteiger partial charge in [-0.2, -0.15) is 0 Å². The topological polar surface area (TPSA) is 118 Å². The lowest BCUT2D eigenvalue weighted by Crippen LogP contribution is -2.25. The molecule has 0 bridgehead atoms. The maximum Gasteiger partial charge on any atom is 0.305 e. The number of carbonyl (C=O) groups is 3. The molecule has 0 fully saturated rings. The van der Waals surface area contributed by atoms with Crippen LogP contribution in [-0.2, 0) is 38.1 Å². The van der Waals surface area contributed by atoms with E-state index in [-0.39, 0.29) is 44.1 Å². The van der Waals surface area contributed by atoms with Gasteiger partial charge in [-0.1, -0.05) is 136 Å². The summed E-state index contributed by atoms with van der Waals surface area (Å²) in [5, 5.41) is 9.71. The molecule has 0 rings (SSSR count). The molecule has 0 radical (unpaired) electrons. The first kappa shape index (κ1) is 48.3. The van der Waals surface area contributed by atoms with Crippen LogP contribution in [0.4, 0.5) is 0 Å². The Kier molecular flexibility index (Phi) is 37.2. The molecular weight excluding hydrogens is 636 g/mol. The van der Waals surface area contributed by atoms with E-state index >= 15 is 0 Å². The van der Waals surface area contributed by atoms with Gasteiger partial charge in [0.25, 0.3) is 0 Å². The number of unbranched alkanes of at least 4 members (excludes halogenated alkanes) is 19. The minimum Gasteiger partial charge on any atom is -0.466 e. The van der Waals surface area contributed by atoms with Gasteiger partial charge in [0.1, 0.15) is 0 Å². The van der Waals surface area contributed by atoms with Crippen LogP contribution < -0.4 is 0 Å². The zero-order chi connectivity index (χ0) is 36.8. The second kappa shape index (κ2) is 38.5. The third-order valence-corrected chi connectivity index (χ3v) is 8.93. The molecule has 0 spiro atoms. The van der Waals surface area contributed by atoms with E-state index in [0.29, 0.717) is 45.5 Å². The molecule has 9 nitrogen and oxygen atoms in total. The number of carbonyl (C=O) groups excluding carboxylic acids is 3. The molecule has 0 aromatic heterocycles. The number of hydrogen-bond acceptors (Lipinski definition) is 9. The molecule has 0 aliphatic heterocycles. The average Bonchev–Trinajstić information content (AvgIpc) is 3.11. The smallest absolute Gasteiger partial charge is 0.305 e. The summed E-state index contributed by atoms with van der Waals surface area (Å²) in [6.07, 6.45) is 26.5. The van der Waals surface area contributed by atoms with E-state index in [4.69, 9.17) is 23.7 Å². The largest absolute Gasteiger partial charge is 0.466 e. The molecule has 9 heteroatoms. The van der Waals surface area contributed by atoms with Gasteiger partial charge in [0, 0.05) is 32.5 Å². The second-order valence-corrected chi connectivity index (χ2v) is 13.9. The van der Waals surface area contributed by atoms with Crippen molar-refractivity contribution in [3.63, 3.8) is 0 Å². The van der Waals surface area contributed by atoms with Gasteiger partial charge in [0.05, 0.1) is 38.8 Å². The Hall–Kier alpha value is -1.71. The van der Waals surface area contributed by atoms with E-state index in [1.165, 1.54) is 77.0 Å². The molecule has 0 amide bonds. The monoisotopic (exact) mass is 715 g/mol. The molecule has 0 aromatic carbocycles. The molecule has 1 unspecified atom stereocenters. The van der Waals surface area contributed by atoms with Gasteiger partial charge in [0.15, 0.2) is 6.29 Å². The van der Waals surface area contributed by atoms with Crippen LogP contribution in [0.3, 0.4) is 0 Å². The number of aliphatic hydroxyl groups excluding tert-OH is 1. The normalized spacial score (nSPS) is 11.9. The minimum absolute atomic E-state index is 0.00852. The molecule has 0 heterocycles. The Labute approximate surface area is 306 Å². The summed E-state index contributed by atoms with van der Waals surface area (Å²) in [4.78, 5) is 36.6. The summed E-state index contributed by atoms with van der Waals surface area (Å²) in [5.41, 5.74) is 0. The van der Waals surface area contributed by atoms with Crippen molar-refractivity contribution in [2.75, 3.05) is 39.6 Å². The van der Waals surface area contributed by atoms with Crippen molar-refractivity contribution in [3.05, 3.63) is 0 Å². The van der Waals surface area contributed by atoms with E-state index in [1.54, 1.807) is 0 Å². The van der Waals surface area contributed by atoms with E-state index < -0.39 is 12.2 Å². The van der Waals surface area contributed by atoms with Gasteiger partial charge < -0.3 is 28.8 Å². The lowest BCUT2D eigenvalue weighted by molar-refractivity contribution is -0.161. The number of esters is 3. The fourth-order valence-corrected chi connectivity index (χ4v) is 5.57. The maximum absolute atomic E-state index is 12.5. The van der Waals surface area contributed by atoms with Crippen LogP contribution in [0.15, 0.2) is 0 Å². The number of rotatable bonds is 39. The van der Waals surface area contributed by atoms with Gasteiger partial charge in [0.2, 0.25) is 0 Å². The molecule has 0 saturated carbocycles. The van der Waals surface area contributed by atoms with Crippen LogP contribution >= 0.6 is 0 Å². The minimum atomic E-state index is -0.465. The van der Waals surface area contributed by atoms with Crippen molar-refractivity contribution >= 4 is 17.9 Å². The SMILES string of the molecule is CCCCCCCCCCOC(=O)CCCCCCCC(=O)OCC(CO)COC(=O)CCC(OCCCCCCC)OCCCCCCC. The van der Waals surface area contributed by atoms with Crippen LogP contribution in [-0.4, -0.2) is 68.9 Å². The van der Waals surface area contributed by atoms with Gasteiger partial charge in [-0.05, 0) is 32.1 Å². The Morgan fingerprint density at radius 1 is 0.440 bits per heavy atom. The van der Waals surface area contributed by atoms with Crippen LogP contribution in [0.25, 0.3) is 0 Å². The highest BCUT2D eigenvalue weighted by Gasteiger charge is 2.17. The fourth-order valence-electron chi connectivity index (χ4n) is 5.57. The first-order valence-electron chi connectivity index (χ1n) is 20.8. The molecule has 0 saturated heterocycles. The lowest BCUT2D eigenvalue weighted by Gasteiger charge is -2.19. The van der Waals surface area contributed by atoms with Gasteiger partial charge in [-0.15, -0.1) is 0 Å². The zero-order valence-corrected chi connectivity index (χ0v) is 32.7. The van der Waals surface area contributed by atoms with Gasteiger partial charge in [-0.3, -0.25) is 14.4 Å². The highest BCUT2D eigenvalue weighted by atomic mass is 16.7. The summed E-state index contributed by atoms with van der Waals surface area (Å²) >= 11 is 0. The van der Waals surface area contributed by atoms with Crippen LogP contribution in [0.1, 0.15) is 194 Å². The lowest BCUT2D eigenvalue weighted by atomic mass is 10.1. The fraction of sp³-hybridized carbons (Fsp3) is 0.927. The Morgan fingerprint density at radius 3 is 1.24 bits per heavy atom. The van der Waals surface area contributed by atoms with Gasteiger partial charge in [-0.25, -0.2) is 0 Å². The maximum atomic E-state index is 12.5. The summed E-state index contributed by atoms with van der Waals surface area (Å²) in [5.74, 6) is -1.27. The van der Waals surface area contributed by atoms with Crippen molar-refractivity contribution in [3.8, 4) is 0 Å². The molecule has 0 aliphatic rings. The molecule has 296 valence electrons. The van der Waals surface area contributed by atoms with Crippen molar-refractivity contribution in [1.29, 1.82) is 0 Å². The van der Waals surface area contributed by atoms with E-state index in [2.05, 4.69) is 20.8 Å². The standard InChI is InChI=1S/C41H78O9/c1-4-7-10-13-14-15-21-24-31-46-38(43)27-22-17-16-18-23-28-39(44)49-35-37(34-42)36-50-40(45)29-30-41(47-32-25-19-11-8-5-2)48-33-26-20-12-9-6-3/h37,41-42H,4-36H2,1-3H3. The molecular formula is C41H78O9. The third-order valence-electron chi connectivity index (χ3n) is 8.93. The van der Waals surface area contributed by atoms with E-state index in [1.807, 2.05) is 0 Å². The molecule has 1 N–H and O–H groups in total. The molecule has 50 heavy (non-hydrogen) atoms. The zero-order valence-electron chi connectivity index (χ0n) is 32.7. The van der Waals surface area contributed by atoms with Crippen molar-refractivity contribution in [2.24, 2.45) is 5.92 Å². The Balaban J connectivity index is 4.00. The molecule has 0 aliphatic carbocycles.